The van der Waals surface area contributed by atoms with Gasteiger partial charge in [-0.2, -0.15) is 0 Å². The Hall–Kier alpha value is -3.11. The van der Waals surface area contributed by atoms with Crippen LogP contribution in [0, 0.1) is 0 Å². The van der Waals surface area contributed by atoms with Crippen LogP contribution in [0.4, 0.5) is 4.79 Å². The van der Waals surface area contributed by atoms with E-state index in [1.165, 1.54) is 27.2 Å². The number of ether oxygens (including phenoxy) is 1. The van der Waals surface area contributed by atoms with Gasteiger partial charge in [0.15, 0.2) is 0 Å². The monoisotopic (exact) mass is 399 g/mol. The summed E-state index contributed by atoms with van der Waals surface area (Å²) in [6.45, 7) is 0.507. The standard InChI is InChI=1S/C26H25NO3/c1-27(17-26(29)15-14-18-8-2-7-13-24(18)26)25(28)30-16-23-21-11-5-3-9-19(21)20-10-4-6-12-22(20)23/h2-13,23,29H,14-17H2,1H3. The minimum atomic E-state index is -1.02. The van der Waals surface area contributed by atoms with Gasteiger partial charge in [-0.15, -0.1) is 0 Å². The number of hydrogen-bond donors (Lipinski definition) is 1. The van der Waals surface area contributed by atoms with E-state index < -0.39 is 11.7 Å². The lowest BCUT2D eigenvalue weighted by atomic mass is 9.95. The minimum absolute atomic E-state index is 0.0324. The highest BCUT2D eigenvalue weighted by Gasteiger charge is 2.38. The maximum absolute atomic E-state index is 12.8. The third-order valence-electron chi connectivity index (χ3n) is 6.47. The van der Waals surface area contributed by atoms with Crippen molar-refractivity contribution >= 4 is 6.09 Å². The first-order valence-corrected chi connectivity index (χ1v) is 10.4. The fourth-order valence-electron chi connectivity index (χ4n) is 4.99. The Morgan fingerprint density at radius 2 is 1.60 bits per heavy atom. The second kappa shape index (κ2) is 7.29. The van der Waals surface area contributed by atoms with E-state index in [9.17, 15) is 9.90 Å². The summed E-state index contributed by atoms with van der Waals surface area (Å²) in [7, 11) is 1.69. The highest BCUT2D eigenvalue weighted by Crippen LogP contribution is 2.44. The van der Waals surface area contributed by atoms with Crippen LogP contribution in [0.2, 0.25) is 0 Å². The van der Waals surface area contributed by atoms with Crippen molar-refractivity contribution in [2.75, 3.05) is 20.2 Å². The van der Waals surface area contributed by atoms with Crippen molar-refractivity contribution in [3.05, 3.63) is 95.1 Å². The number of hydrogen-bond acceptors (Lipinski definition) is 3. The Morgan fingerprint density at radius 3 is 2.30 bits per heavy atom. The molecule has 0 spiro atoms. The zero-order valence-electron chi connectivity index (χ0n) is 17.0. The van der Waals surface area contributed by atoms with Crippen LogP contribution in [-0.4, -0.2) is 36.3 Å². The van der Waals surface area contributed by atoms with E-state index in [1.54, 1.807) is 7.05 Å². The zero-order valence-corrected chi connectivity index (χ0v) is 17.0. The topological polar surface area (TPSA) is 49.8 Å². The van der Waals surface area contributed by atoms with E-state index in [1.807, 2.05) is 48.5 Å². The number of fused-ring (bicyclic) bond motifs is 4. The average molecular weight is 399 g/mol. The van der Waals surface area contributed by atoms with E-state index in [2.05, 4.69) is 24.3 Å². The highest BCUT2D eigenvalue weighted by molar-refractivity contribution is 5.79. The maximum atomic E-state index is 12.8. The summed E-state index contributed by atoms with van der Waals surface area (Å²) >= 11 is 0. The van der Waals surface area contributed by atoms with Crippen molar-refractivity contribution in [1.82, 2.24) is 4.90 Å². The Morgan fingerprint density at radius 1 is 1.00 bits per heavy atom. The first-order valence-electron chi connectivity index (χ1n) is 10.4. The Labute approximate surface area is 176 Å². The van der Waals surface area contributed by atoms with Crippen LogP contribution in [0.1, 0.15) is 34.6 Å². The van der Waals surface area contributed by atoms with Crippen LogP contribution in [0.25, 0.3) is 11.1 Å². The van der Waals surface area contributed by atoms with Crippen LogP contribution in [0.5, 0.6) is 0 Å². The van der Waals surface area contributed by atoms with Crippen LogP contribution in [0.3, 0.4) is 0 Å². The minimum Gasteiger partial charge on any atom is -0.448 e. The molecule has 30 heavy (non-hydrogen) atoms. The summed E-state index contributed by atoms with van der Waals surface area (Å²) in [6, 6.07) is 24.5. The van der Waals surface area contributed by atoms with Gasteiger partial charge in [0.25, 0.3) is 0 Å². The molecule has 3 aromatic carbocycles. The van der Waals surface area contributed by atoms with Crippen LogP contribution in [-0.2, 0) is 16.8 Å². The molecule has 2 aliphatic carbocycles. The third-order valence-corrected chi connectivity index (χ3v) is 6.47. The number of rotatable bonds is 4. The number of aliphatic hydroxyl groups is 1. The van der Waals surface area contributed by atoms with Crippen molar-refractivity contribution in [2.24, 2.45) is 0 Å². The predicted molar refractivity (Wildman–Crippen MR) is 116 cm³/mol. The van der Waals surface area contributed by atoms with Crippen molar-refractivity contribution in [3.8, 4) is 11.1 Å². The largest absolute Gasteiger partial charge is 0.448 e. The van der Waals surface area contributed by atoms with Crippen molar-refractivity contribution in [3.63, 3.8) is 0 Å². The molecule has 3 aromatic rings. The van der Waals surface area contributed by atoms with Gasteiger partial charge >= 0.3 is 6.09 Å². The maximum Gasteiger partial charge on any atom is 0.409 e. The van der Waals surface area contributed by atoms with Crippen molar-refractivity contribution in [2.45, 2.75) is 24.4 Å². The van der Waals surface area contributed by atoms with Crippen LogP contribution >= 0.6 is 0 Å². The molecule has 0 fully saturated rings. The molecule has 0 heterocycles. The molecule has 0 saturated heterocycles. The number of likely N-dealkylation sites (N-methyl/N-ethyl adjacent to an activating group) is 1. The van der Waals surface area contributed by atoms with E-state index in [0.717, 1.165) is 17.5 Å². The van der Waals surface area contributed by atoms with Gasteiger partial charge < -0.3 is 14.7 Å². The molecular weight excluding hydrogens is 374 g/mol. The molecule has 0 aromatic heterocycles. The second-order valence-corrected chi connectivity index (χ2v) is 8.35. The Balaban J connectivity index is 1.29. The summed E-state index contributed by atoms with van der Waals surface area (Å²) in [5.41, 5.74) is 5.86. The first-order chi connectivity index (χ1) is 14.6. The quantitative estimate of drug-likeness (QED) is 0.692. The molecule has 2 aliphatic rings. The number of carbonyl (C=O) groups excluding carboxylic acids is 1. The van der Waals surface area contributed by atoms with Gasteiger partial charge in [0.2, 0.25) is 0 Å². The number of carbonyl (C=O) groups is 1. The predicted octanol–water partition coefficient (Wildman–Crippen LogP) is 4.70. The van der Waals surface area contributed by atoms with Gasteiger partial charge in [0.05, 0.1) is 6.54 Å². The molecule has 1 amide bonds. The van der Waals surface area contributed by atoms with E-state index in [-0.39, 0.29) is 19.1 Å². The van der Waals surface area contributed by atoms with Crippen LogP contribution < -0.4 is 0 Å². The molecule has 0 aliphatic heterocycles. The van der Waals surface area contributed by atoms with E-state index in [4.69, 9.17) is 4.74 Å². The van der Waals surface area contributed by atoms with Gasteiger partial charge in [-0.3, -0.25) is 0 Å². The lowest BCUT2D eigenvalue weighted by molar-refractivity contribution is 0.00451. The van der Waals surface area contributed by atoms with E-state index >= 15 is 0 Å². The molecule has 5 rings (SSSR count). The normalized spacial score (nSPS) is 19.1. The van der Waals surface area contributed by atoms with Gasteiger partial charge in [-0.1, -0.05) is 72.8 Å². The van der Waals surface area contributed by atoms with Crippen molar-refractivity contribution in [1.29, 1.82) is 0 Å². The van der Waals surface area contributed by atoms with Gasteiger partial charge in [-0.25, -0.2) is 4.79 Å². The number of benzene rings is 3. The summed E-state index contributed by atoms with van der Waals surface area (Å²) in [5, 5.41) is 11.2. The summed E-state index contributed by atoms with van der Waals surface area (Å²) < 4.78 is 5.72. The molecule has 1 atom stereocenters. The molecule has 1 unspecified atom stereocenters. The summed E-state index contributed by atoms with van der Waals surface area (Å²) in [5.74, 6) is 0.0324. The van der Waals surface area contributed by atoms with Gasteiger partial charge in [0, 0.05) is 13.0 Å². The molecule has 4 heteroatoms. The molecule has 0 radical (unpaired) electrons. The smallest absolute Gasteiger partial charge is 0.409 e. The van der Waals surface area contributed by atoms with E-state index in [0.29, 0.717) is 6.42 Å². The molecule has 1 N–H and O–H groups in total. The fourth-order valence-corrected chi connectivity index (χ4v) is 4.99. The lowest BCUT2D eigenvalue weighted by Gasteiger charge is -2.29. The Bertz CT molecular complexity index is 1060. The Kier molecular flexibility index (Phi) is 4.59. The zero-order chi connectivity index (χ0) is 20.7. The summed E-state index contributed by atoms with van der Waals surface area (Å²) in [6.07, 6.45) is 1.04. The molecule has 152 valence electrons. The number of aryl methyl sites for hydroxylation is 1. The lowest BCUT2D eigenvalue weighted by Crippen LogP contribution is -2.41. The number of amides is 1. The molecular formula is C26H25NO3. The van der Waals surface area contributed by atoms with Crippen molar-refractivity contribution < 1.29 is 14.6 Å². The average Bonchev–Trinajstić information content (AvgIpc) is 3.27. The highest BCUT2D eigenvalue weighted by atomic mass is 16.6. The fraction of sp³-hybridized carbons (Fsp3) is 0.269. The second-order valence-electron chi connectivity index (χ2n) is 8.35. The number of nitrogens with zero attached hydrogens (tertiary/aromatic N) is 1. The molecule has 0 bridgehead atoms. The third kappa shape index (κ3) is 3.08. The SMILES string of the molecule is CN(CC1(O)CCc2ccccc21)C(=O)OCC1c2ccccc2-c2ccccc21. The first kappa shape index (κ1) is 18.9. The van der Waals surface area contributed by atoms with Crippen LogP contribution in [0.15, 0.2) is 72.8 Å². The van der Waals surface area contributed by atoms with Gasteiger partial charge in [0.1, 0.15) is 12.2 Å². The summed E-state index contributed by atoms with van der Waals surface area (Å²) in [4.78, 5) is 14.3. The molecule has 4 nitrogen and oxygen atoms in total. The molecule has 0 saturated carbocycles. The van der Waals surface area contributed by atoms with Gasteiger partial charge in [-0.05, 0) is 46.2 Å².